The molecule has 0 saturated heterocycles. The van der Waals surface area contributed by atoms with Crippen molar-refractivity contribution in [3.05, 3.63) is 27.8 Å². The Balaban J connectivity index is 2.41. The van der Waals surface area contributed by atoms with E-state index < -0.39 is 0 Å². The number of rotatable bonds is 5. The molecule has 0 N–H and O–H groups in total. The third kappa shape index (κ3) is 2.49. The molecular formula is C12H15NO4. The van der Waals surface area contributed by atoms with Gasteiger partial charge in [-0.3, -0.25) is 10.1 Å². The van der Waals surface area contributed by atoms with Gasteiger partial charge in [0.05, 0.1) is 25.2 Å². The fourth-order valence-electron chi connectivity index (χ4n) is 1.88. The summed E-state index contributed by atoms with van der Waals surface area (Å²) in [6, 6.07) is 3.16. The molecule has 0 radical (unpaired) electrons. The predicted octanol–water partition coefficient (Wildman–Crippen LogP) is 2.56. The Kier molecular flexibility index (Phi) is 3.17. The Labute approximate surface area is 99.5 Å². The lowest BCUT2D eigenvalue weighted by Gasteiger charge is -2.10. The van der Waals surface area contributed by atoms with E-state index in [1.54, 1.807) is 6.07 Å². The maximum Gasteiger partial charge on any atom is 0.276 e. The fraction of sp³-hybridized carbons (Fsp3) is 0.500. The summed E-state index contributed by atoms with van der Waals surface area (Å²) >= 11 is 0. The van der Waals surface area contributed by atoms with Crippen molar-refractivity contribution in [3.63, 3.8) is 0 Å². The summed E-state index contributed by atoms with van der Waals surface area (Å²) in [4.78, 5) is 10.6. The number of hydrogen-bond donors (Lipinski definition) is 0. The summed E-state index contributed by atoms with van der Waals surface area (Å²) in [6.07, 6.45) is 3.06. The van der Waals surface area contributed by atoms with Gasteiger partial charge in [-0.05, 0) is 31.2 Å². The summed E-state index contributed by atoms with van der Waals surface area (Å²) in [5.41, 5.74) is 0.852. The van der Waals surface area contributed by atoms with Gasteiger partial charge < -0.3 is 9.47 Å². The van der Waals surface area contributed by atoms with Gasteiger partial charge in [0.1, 0.15) is 0 Å². The first-order valence-electron chi connectivity index (χ1n) is 5.55. The van der Waals surface area contributed by atoms with E-state index in [-0.39, 0.29) is 10.6 Å². The smallest absolute Gasteiger partial charge is 0.276 e. The summed E-state index contributed by atoms with van der Waals surface area (Å²) in [5, 5.41) is 11.0. The van der Waals surface area contributed by atoms with Crippen molar-refractivity contribution in [2.24, 2.45) is 5.92 Å². The van der Waals surface area contributed by atoms with Gasteiger partial charge in [0, 0.05) is 5.56 Å². The van der Waals surface area contributed by atoms with Gasteiger partial charge in [-0.15, -0.1) is 0 Å². The second-order valence-electron chi connectivity index (χ2n) is 4.24. The van der Waals surface area contributed by atoms with Crippen LogP contribution in [0.25, 0.3) is 0 Å². The van der Waals surface area contributed by atoms with E-state index in [1.165, 1.54) is 20.3 Å². The molecule has 2 rings (SSSR count). The quantitative estimate of drug-likeness (QED) is 0.583. The molecule has 0 unspecified atom stereocenters. The van der Waals surface area contributed by atoms with Crippen molar-refractivity contribution in [3.8, 4) is 11.5 Å². The Morgan fingerprint density at radius 3 is 2.35 bits per heavy atom. The van der Waals surface area contributed by atoms with Crippen molar-refractivity contribution in [2.45, 2.75) is 19.3 Å². The number of benzene rings is 1. The largest absolute Gasteiger partial charge is 0.493 e. The number of nitro groups is 1. The summed E-state index contributed by atoms with van der Waals surface area (Å²) in [5.74, 6) is 1.54. The Morgan fingerprint density at radius 2 is 1.88 bits per heavy atom. The van der Waals surface area contributed by atoms with Crippen LogP contribution in [0, 0.1) is 16.0 Å². The van der Waals surface area contributed by atoms with Crippen molar-refractivity contribution in [1.29, 1.82) is 0 Å². The van der Waals surface area contributed by atoms with E-state index >= 15 is 0 Å². The Morgan fingerprint density at radius 1 is 1.29 bits per heavy atom. The topological polar surface area (TPSA) is 61.6 Å². The molecule has 0 spiro atoms. The molecule has 1 aliphatic rings. The summed E-state index contributed by atoms with van der Waals surface area (Å²) in [6.45, 7) is 0. The molecule has 0 heterocycles. The maximum absolute atomic E-state index is 11.0. The van der Waals surface area contributed by atoms with Crippen LogP contribution in [0.3, 0.4) is 0 Å². The average molecular weight is 237 g/mol. The first-order valence-corrected chi connectivity index (χ1v) is 5.55. The zero-order valence-corrected chi connectivity index (χ0v) is 9.93. The van der Waals surface area contributed by atoms with Crippen molar-refractivity contribution < 1.29 is 14.4 Å². The van der Waals surface area contributed by atoms with Gasteiger partial charge in [-0.2, -0.15) is 0 Å². The zero-order valence-electron chi connectivity index (χ0n) is 9.93. The molecule has 5 nitrogen and oxygen atoms in total. The van der Waals surface area contributed by atoms with Gasteiger partial charge in [0.2, 0.25) is 0 Å². The molecule has 0 aliphatic heterocycles. The molecule has 1 saturated carbocycles. The summed E-state index contributed by atoms with van der Waals surface area (Å²) < 4.78 is 10.2. The highest BCUT2D eigenvalue weighted by Gasteiger charge is 2.27. The Bertz CT molecular complexity index is 440. The number of hydrogen-bond acceptors (Lipinski definition) is 4. The lowest BCUT2D eigenvalue weighted by atomic mass is 10.1. The monoisotopic (exact) mass is 237 g/mol. The van der Waals surface area contributed by atoms with Crippen LogP contribution in [0.4, 0.5) is 5.69 Å². The molecule has 5 heteroatoms. The van der Waals surface area contributed by atoms with Gasteiger partial charge in [0.25, 0.3) is 5.69 Å². The van der Waals surface area contributed by atoms with Gasteiger partial charge >= 0.3 is 0 Å². The van der Waals surface area contributed by atoms with E-state index in [1.807, 2.05) is 0 Å². The zero-order chi connectivity index (χ0) is 12.4. The second-order valence-corrected chi connectivity index (χ2v) is 4.24. The fourth-order valence-corrected chi connectivity index (χ4v) is 1.88. The maximum atomic E-state index is 11.0. The van der Waals surface area contributed by atoms with E-state index in [2.05, 4.69) is 0 Å². The highest BCUT2D eigenvalue weighted by molar-refractivity contribution is 5.54. The lowest BCUT2D eigenvalue weighted by molar-refractivity contribution is -0.385. The van der Waals surface area contributed by atoms with Gasteiger partial charge in [-0.25, -0.2) is 0 Å². The van der Waals surface area contributed by atoms with Crippen LogP contribution in [0.15, 0.2) is 12.1 Å². The second kappa shape index (κ2) is 4.61. The molecule has 0 bridgehead atoms. The minimum Gasteiger partial charge on any atom is -0.493 e. The third-order valence-electron chi connectivity index (χ3n) is 2.99. The predicted molar refractivity (Wildman–Crippen MR) is 62.6 cm³/mol. The van der Waals surface area contributed by atoms with Crippen LogP contribution in [-0.4, -0.2) is 19.1 Å². The van der Waals surface area contributed by atoms with Gasteiger partial charge in [-0.1, -0.05) is 0 Å². The van der Waals surface area contributed by atoms with E-state index in [0.717, 1.165) is 24.8 Å². The van der Waals surface area contributed by atoms with Crippen LogP contribution >= 0.6 is 0 Å². The number of ether oxygens (including phenoxy) is 2. The number of methoxy groups -OCH3 is 2. The van der Waals surface area contributed by atoms with Crippen LogP contribution in [-0.2, 0) is 6.42 Å². The number of nitro benzene ring substituents is 1. The molecule has 92 valence electrons. The highest BCUT2D eigenvalue weighted by Crippen LogP contribution is 2.39. The van der Waals surface area contributed by atoms with E-state index in [9.17, 15) is 10.1 Å². The standard InChI is InChI=1S/C12H15NO4/c1-16-11-6-9(5-8-3-4-8)10(13(14)15)7-12(11)17-2/h6-8H,3-5H2,1-2H3. The SMILES string of the molecule is COc1cc(CC2CC2)c([N+](=O)[O-])cc1OC. The first-order chi connectivity index (χ1) is 8.15. The van der Waals surface area contributed by atoms with Crippen molar-refractivity contribution in [2.75, 3.05) is 14.2 Å². The van der Waals surface area contributed by atoms with Crippen LogP contribution in [0.1, 0.15) is 18.4 Å². The normalized spacial score (nSPS) is 14.5. The van der Waals surface area contributed by atoms with Crippen LogP contribution in [0.2, 0.25) is 0 Å². The summed E-state index contributed by atoms with van der Waals surface area (Å²) in [7, 11) is 3.01. The molecule has 17 heavy (non-hydrogen) atoms. The molecule has 0 atom stereocenters. The number of nitrogens with zero attached hydrogens (tertiary/aromatic N) is 1. The molecule has 0 aromatic heterocycles. The van der Waals surface area contributed by atoms with Gasteiger partial charge in [0.15, 0.2) is 11.5 Å². The average Bonchev–Trinajstić information content (AvgIpc) is 3.12. The molecule has 1 fully saturated rings. The molecule has 1 aromatic carbocycles. The minimum absolute atomic E-state index is 0.120. The minimum atomic E-state index is -0.361. The highest BCUT2D eigenvalue weighted by atomic mass is 16.6. The van der Waals surface area contributed by atoms with Crippen molar-refractivity contribution >= 4 is 5.69 Å². The lowest BCUT2D eigenvalue weighted by Crippen LogP contribution is -2.00. The van der Waals surface area contributed by atoms with Crippen LogP contribution < -0.4 is 9.47 Å². The van der Waals surface area contributed by atoms with E-state index in [0.29, 0.717) is 17.4 Å². The molecule has 0 amide bonds. The van der Waals surface area contributed by atoms with E-state index in [4.69, 9.17) is 9.47 Å². The van der Waals surface area contributed by atoms with Crippen LogP contribution in [0.5, 0.6) is 11.5 Å². The molecule has 1 aromatic rings. The van der Waals surface area contributed by atoms with Crippen molar-refractivity contribution in [1.82, 2.24) is 0 Å². The third-order valence-corrected chi connectivity index (χ3v) is 2.99. The Hall–Kier alpha value is -1.78. The molecular weight excluding hydrogens is 222 g/mol. The molecule has 1 aliphatic carbocycles. The first kappa shape index (κ1) is 11.7.